The van der Waals surface area contributed by atoms with Crippen LogP contribution >= 0.6 is 0 Å². The van der Waals surface area contributed by atoms with E-state index in [2.05, 4.69) is 17.1 Å². The van der Waals surface area contributed by atoms with Gasteiger partial charge in [-0.1, -0.05) is 18.5 Å². The Bertz CT molecular complexity index is 397. The second kappa shape index (κ2) is 7.15. The highest BCUT2D eigenvalue weighted by molar-refractivity contribution is 5.03. The van der Waals surface area contributed by atoms with Crippen molar-refractivity contribution in [2.75, 3.05) is 19.8 Å². The summed E-state index contributed by atoms with van der Waals surface area (Å²) in [6.07, 6.45) is 4.17. The summed E-state index contributed by atoms with van der Waals surface area (Å²) in [5, 5.41) is 4.12. The first-order chi connectivity index (χ1) is 9.70. The number of aromatic nitrogens is 2. The minimum Gasteiger partial charge on any atom is -0.381 e. The number of hydrogen-bond acceptors (Lipinski definition) is 6. The molecule has 6 heteroatoms. The molecule has 1 aliphatic heterocycles. The Morgan fingerprint density at radius 3 is 2.75 bits per heavy atom. The molecule has 6 nitrogen and oxygen atoms in total. The molecule has 1 fully saturated rings. The maximum absolute atomic E-state index is 6.02. The predicted molar refractivity (Wildman–Crippen MR) is 74.2 cm³/mol. The molecule has 1 aromatic rings. The van der Waals surface area contributed by atoms with Crippen molar-refractivity contribution in [1.82, 2.24) is 10.1 Å². The quantitative estimate of drug-likeness (QED) is 0.821. The molecular weight excluding hydrogens is 258 g/mol. The number of rotatable bonds is 7. The fraction of sp³-hybridized carbons (Fsp3) is 0.857. The normalized spacial score (nSPS) is 19.9. The molecule has 0 spiro atoms. The predicted octanol–water partition coefficient (Wildman–Crippen LogP) is 1.78. The molecule has 0 aliphatic carbocycles. The van der Waals surface area contributed by atoms with E-state index >= 15 is 0 Å². The van der Waals surface area contributed by atoms with E-state index in [9.17, 15) is 0 Å². The SMILES string of the molecule is CCCC(N)Cc1nc(C2(OCC)CCOCC2)no1. The van der Waals surface area contributed by atoms with Crippen LogP contribution in [0.25, 0.3) is 0 Å². The zero-order valence-corrected chi connectivity index (χ0v) is 12.4. The summed E-state index contributed by atoms with van der Waals surface area (Å²) in [6, 6.07) is 0.0750. The fourth-order valence-electron chi connectivity index (χ4n) is 2.63. The van der Waals surface area contributed by atoms with Crippen LogP contribution in [-0.4, -0.2) is 36.0 Å². The first kappa shape index (κ1) is 15.4. The second-order valence-corrected chi connectivity index (χ2v) is 5.30. The Balaban J connectivity index is 2.08. The highest BCUT2D eigenvalue weighted by Gasteiger charge is 2.39. The maximum Gasteiger partial charge on any atom is 0.228 e. The van der Waals surface area contributed by atoms with Crippen LogP contribution in [0.4, 0.5) is 0 Å². The summed E-state index contributed by atoms with van der Waals surface area (Å²) in [6.45, 7) is 6.05. The van der Waals surface area contributed by atoms with Gasteiger partial charge < -0.3 is 19.7 Å². The van der Waals surface area contributed by atoms with Crippen LogP contribution in [0.3, 0.4) is 0 Å². The average molecular weight is 283 g/mol. The summed E-state index contributed by atoms with van der Waals surface area (Å²) in [5.74, 6) is 1.24. The molecule has 1 aromatic heterocycles. The lowest BCUT2D eigenvalue weighted by Crippen LogP contribution is -2.37. The molecule has 0 amide bonds. The minimum absolute atomic E-state index is 0.0750. The zero-order valence-electron chi connectivity index (χ0n) is 12.4. The van der Waals surface area contributed by atoms with Crippen molar-refractivity contribution in [3.8, 4) is 0 Å². The first-order valence-corrected chi connectivity index (χ1v) is 7.50. The summed E-state index contributed by atoms with van der Waals surface area (Å²) in [7, 11) is 0. The van der Waals surface area contributed by atoms with Gasteiger partial charge >= 0.3 is 0 Å². The molecule has 0 bridgehead atoms. The van der Waals surface area contributed by atoms with Gasteiger partial charge in [-0.15, -0.1) is 0 Å². The Hall–Kier alpha value is -0.980. The van der Waals surface area contributed by atoms with Crippen molar-refractivity contribution >= 4 is 0 Å². The van der Waals surface area contributed by atoms with Crippen LogP contribution in [0, 0.1) is 0 Å². The van der Waals surface area contributed by atoms with Crippen LogP contribution in [0.2, 0.25) is 0 Å². The number of nitrogens with two attached hydrogens (primary N) is 1. The van der Waals surface area contributed by atoms with Gasteiger partial charge in [-0.05, 0) is 13.3 Å². The van der Waals surface area contributed by atoms with Crippen LogP contribution < -0.4 is 5.73 Å². The zero-order chi connectivity index (χ0) is 14.4. The van der Waals surface area contributed by atoms with Gasteiger partial charge in [0.1, 0.15) is 5.60 Å². The van der Waals surface area contributed by atoms with Crippen LogP contribution in [0.15, 0.2) is 4.52 Å². The smallest absolute Gasteiger partial charge is 0.228 e. The van der Waals surface area contributed by atoms with E-state index in [1.165, 1.54) is 0 Å². The van der Waals surface area contributed by atoms with Crippen LogP contribution in [-0.2, 0) is 21.5 Å². The molecule has 2 N–H and O–H groups in total. The molecule has 0 saturated carbocycles. The minimum atomic E-state index is -0.455. The second-order valence-electron chi connectivity index (χ2n) is 5.30. The van der Waals surface area contributed by atoms with Gasteiger partial charge in [-0.25, -0.2) is 0 Å². The van der Waals surface area contributed by atoms with Gasteiger partial charge in [-0.2, -0.15) is 4.98 Å². The molecule has 20 heavy (non-hydrogen) atoms. The van der Waals surface area contributed by atoms with Gasteiger partial charge in [0.05, 0.1) is 0 Å². The number of hydrogen-bond donors (Lipinski definition) is 1. The van der Waals surface area contributed by atoms with Gasteiger partial charge in [0.15, 0.2) is 0 Å². The Kier molecular flexibility index (Phi) is 5.51. The van der Waals surface area contributed by atoms with E-state index in [0.29, 0.717) is 38.0 Å². The molecule has 1 aliphatic rings. The lowest BCUT2D eigenvalue weighted by molar-refractivity contribution is -0.118. The molecule has 1 saturated heterocycles. The van der Waals surface area contributed by atoms with Gasteiger partial charge in [0, 0.05) is 45.1 Å². The molecule has 0 radical (unpaired) electrons. The topological polar surface area (TPSA) is 83.4 Å². The third kappa shape index (κ3) is 3.56. The highest BCUT2D eigenvalue weighted by atomic mass is 16.5. The Morgan fingerprint density at radius 2 is 2.10 bits per heavy atom. The van der Waals surface area contributed by atoms with Crippen molar-refractivity contribution < 1.29 is 14.0 Å². The lowest BCUT2D eigenvalue weighted by atomic mass is 9.93. The summed E-state index contributed by atoms with van der Waals surface area (Å²) in [5.41, 5.74) is 5.56. The molecule has 1 unspecified atom stereocenters. The van der Waals surface area contributed by atoms with Crippen LogP contribution in [0.5, 0.6) is 0 Å². The van der Waals surface area contributed by atoms with Crippen molar-refractivity contribution in [3.05, 3.63) is 11.7 Å². The van der Waals surface area contributed by atoms with Crippen molar-refractivity contribution in [1.29, 1.82) is 0 Å². The van der Waals surface area contributed by atoms with E-state index in [4.69, 9.17) is 19.7 Å². The summed E-state index contributed by atoms with van der Waals surface area (Å²) in [4.78, 5) is 4.51. The summed E-state index contributed by atoms with van der Waals surface area (Å²) < 4.78 is 16.7. The standard InChI is InChI=1S/C14H25N3O3/c1-3-5-11(15)10-12-16-13(17-20-12)14(19-4-2)6-8-18-9-7-14/h11H,3-10,15H2,1-2H3. The molecule has 2 heterocycles. The first-order valence-electron chi connectivity index (χ1n) is 7.50. The largest absolute Gasteiger partial charge is 0.381 e. The van der Waals surface area contributed by atoms with Gasteiger partial charge in [0.25, 0.3) is 0 Å². The van der Waals surface area contributed by atoms with E-state index < -0.39 is 5.60 Å². The lowest BCUT2D eigenvalue weighted by Gasteiger charge is -2.33. The Morgan fingerprint density at radius 1 is 1.35 bits per heavy atom. The maximum atomic E-state index is 6.02. The van der Waals surface area contributed by atoms with E-state index in [1.54, 1.807) is 0 Å². The number of nitrogens with zero attached hydrogens (tertiary/aromatic N) is 2. The molecule has 114 valence electrons. The highest BCUT2D eigenvalue weighted by Crippen LogP contribution is 2.34. The molecule has 2 rings (SSSR count). The molecule has 1 atom stereocenters. The average Bonchev–Trinajstić information content (AvgIpc) is 2.89. The van der Waals surface area contributed by atoms with Crippen molar-refractivity contribution in [2.24, 2.45) is 5.73 Å². The molecule has 0 aromatic carbocycles. The van der Waals surface area contributed by atoms with Crippen LogP contribution in [0.1, 0.15) is 51.2 Å². The number of ether oxygens (including phenoxy) is 2. The summed E-state index contributed by atoms with van der Waals surface area (Å²) >= 11 is 0. The van der Waals surface area contributed by atoms with E-state index in [0.717, 1.165) is 25.7 Å². The molecular formula is C14H25N3O3. The third-order valence-corrected chi connectivity index (χ3v) is 3.69. The van der Waals surface area contributed by atoms with Crippen molar-refractivity contribution in [2.45, 2.75) is 57.6 Å². The van der Waals surface area contributed by atoms with E-state index in [1.807, 2.05) is 6.92 Å². The monoisotopic (exact) mass is 283 g/mol. The Labute approximate surface area is 120 Å². The fourth-order valence-corrected chi connectivity index (χ4v) is 2.63. The van der Waals surface area contributed by atoms with E-state index in [-0.39, 0.29) is 6.04 Å². The van der Waals surface area contributed by atoms with Gasteiger partial charge in [0.2, 0.25) is 11.7 Å². The van der Waals surface area contributed by atoms with Gasteiger partial charge in [-0.3, -0.25) is 0 Å². The van der Waals surface area contributed by atoms with Crippen molar-refractivity contribution in [3.63, 3.8) is 0 Å². The third-order valence-electron chi connectivity index (χ3n) is 3.69.